The third kappa shape index (κ3) is 5.16. The molecule has 1 N–H and O–H groups in total. The minimum atomic E-state index is -1.65. The number of esters is 1. The van der Waals surface area contributed by atoms with Gasteiger partial charge in [-0.2, -0.15) is 0 Å². The van der Waals surface area contributed by atoms with E-state index in [-0.39, 0.29) is 24.4 Å². The molecule has 182 valence electrons. The van der Waals surface area contributed by atoms with Gasteiger partial charge in [-0.25, -0.2) is 13.3 Å². The summed E-state index contributed by atoms with van der Waals surface area (Å²) in [5.41, 5.74) is 2.76. The number of carbonyl (C=O) groups excluding carboxylic acids is 1. The molecule has 1 aliphatic rings. The summed E-state index contributed by atoms with van der Waals surface area (Å²) in [4.78, 5) is 13.7. The Bertz CT molecular complexity index is 1220. The SMILES string of the molecule is CCOC(=O)C1=C(O)C[C@H](c2ccc(OC)cc2)N([S@@](=O)c2ccc(C)cc2)[C@@H]1c1ccccc1. The molecule has 0 saturated carbocycles. The van der Waals surface area contributed by atoms with Crippen molar-refractivity contribution in [3.8, 4) is 5.75 Å². The van der Waals surface area contributed by atoms with Gasteiger partial charge < -0.3 is 14.6 Å². The van der Waals surface area contributed by atoms with E-state index in [2.05, 4.69) is 0 Å². The quantitative estimate of drug-likeness (QED) is 0.436. The highest BCUT2D eigenvalue weighted by Crippen LogP contribution is 2.47. The van der Waals surface area contributed by atoms with E-state index >= 15 is 0 Å². The molecule has 7 heteroatoms. The van der Waals surface area contributed by atoms with Crippen LogP contribution in [-0.4, -0.2) is 33.3 Å². The molecule has 0 saturated heterocycles. The molecule has 0 radical (unpaired) electrons. The summed E-state index contributed by atoms with van der Waals surface area (Å²) in [7, 11) is -0.0563. The third-order valence-corrected chi connectivity index (χ3v) is 7.58. The van der Waals surface area contributed by atoms with Gasteiger partial charge in [0.1, 0.15) is 22.5 Å². The first-order chi connectivity index (χ1) is 16.9. The highest BCUT2D eigenvalue weighted by atomic mass is 32.2. The van der Waals surface area contributed by atoms with Crippen LogP contribution in [0, 0.1) is 6.92 Å². The summed E-state index contributed by atoms with van der Waals surface area (Å²) in [6, 6.07) is 23.0. The second-order valence-electron chi connectivity index (χ2n) is 8.31. The average molecular weight is 492 g/mol. The number of rotatable bonds is 7. The van der Waals surface area contributed by atoms with Crippen LogP contribution in [-0.2, 0) is 20.5 Å². The molecular weight excluding hydrogens is 462 g/mol. The maximum Gasteiger partial charge on any atom is 0.339 e. The molecule has 3 aromatic carbocycles. The minimum absolute atomic E-state index is 0.0599. The van der Waals surface area contributed by atoms with Crippen molar-refractivity contribution >= 4 is 17.0 Å². The summed E-state index contributed by atoms with van der Waals surface area (Å²) in [6.07, 6.45) is 0.113. The molecule has 0 bridgehead atoms. The topological polar surface area (TPSA) is 76.1 Å². The Kier molecular flexibility index (Phi) is 7.68. The summed E-state index contributed by atoms with van der Waals surface area (Å²) in [6.45, 7) is 3.86. The van der Waals surface area contributed by atoms with Crippen molar-refractivity contribution in [2.75, 3.05) is 13.7 Å². The molecule has 1 aliphatic heterocycles. The fourth-order valence-electron chi connectivity index (χ4n) is 4.31. The van der Waals surface area contributed by atoms with Gasteiger partial charge in [0.15, 0.2) is 0 Å². The molecule has 3 atom stereocenters. The highest BCUT2D eigenvalue weighted by Gasteiger charge is 2.44. The van der Waals surface area contributed by atoms with Gasteiger partial charge in [0, 0.05) is 6.42 Å². The Morgan fingerprint density at radius 3 is 2.26 bits per heavy atom. The number of aliphatic hydroxyl groups is 1. The smallest absolute Gasteiger partial charge is 0.339 e. The van der Waals surface area contributed by atoms with Crippen LogP contribution in [0.15, 0.2) is 95.1 Å². The van der Waals surface area contributed by atoms with Crippen LogP contribution >= 0.6 is 0 Å². The van der Waals surface area contributed by atoms with Gasteiger partial charge in [-0.05, 0) is 49.2 Å². The fraction of sp³-hybridized carbons (Fsp3) is 0.250. The van der Waals surface area contributed by atoms with Crippen molar-refractivity contribution in [1.29, 1.82) is 0 Å². The number of methoxy groups -OCH3 is 1. The van der Waals surface area contributed by atoms with E-state index in [9.17, 15) is 14.1 Å². The first-order valence-electron chi connectivity index (χ1n) is 11.5. The number of aryl methyl sites for hydroxylation is 1. The normalized spacial score (nSPS) is 19.3. The van der Waals surface area contributed by atoms with Crippen molar-refractivity contribution in [1.82, 2.24) is 4.31 Å². The molecule has 6 nitrogen and oxygen atoms in total. The lowest BCUT2D eigenvalue weighted by Crippen LogP contribution is -2.41. The van der Waals surface area contributed by atoms with Crippen molar-refractivity contribution < 1.29 is 23.6 Å². The van der Waals surface area contributed by atoms with Crippen LogP contribution in [0.2, 0.25) is 0 Å². The van der Waals surface area contributed by atoms with E-state index in [0.717, 1.165) is 16.7 Å². The molecule has 4 rings (SSSR count). The maximum absolute atomic E-state index is 14.2. The van der Waals surface area contributed by atoms with E-state index < -0.39 is 29.0 Å². The molecule has 0 aromatic heterocycles. The number of nitrogens with zero attached hydrogens (tertiary/aromatic N) is 1. The van der Waals surface area contributed by atoms with Crippen molar-refractivity contribution in [2.24, 2.45) is 0 Å². The summed E-state index contributed by atoms with van der Waals surface area (Å²) in [5.74, 6) is 0.0237. The number of benzene rings is 3. The second-order valence-corrected chi connectivity index (χ2v) is 9.70. The van der Waals surface area contributed by atoms with E-state index in [1.807, 2.05) is 85.8 Å². The zero-order chi connectivity index (χ0) is 24.9. The number of ether oxygens (including phenoxy) is 2. The second kappa shape index (κ2) is 10.9. The summed E-state index contributed by atoms with van der Waals surface area (Å²) < 4.78 is 26.6. The number of hydrogen-bond donors (Lipinski definition) is 1. The predicted octanol–water partition coefficient (Wildman–Crippen LogP) is 5.59. The largest absolute Gasteiger partial charge is 0.512 e. The molecule has 0 spiro atoms. The standard InChI is InChI=1S/C28H29NO5S/c1-4-34-28(31)26-25(30)18-24(20-12-14-22(33-3)15-13-20)29(27(26)21-8-6-5-7-9-21)35(32)23-16-10-19(2)11-17-23/h5-17,24,27,30H,4,18H2,1-3H3/t24-,27-,35+/m1/s1. The van der Waals surface area contributed by atoms with Gasteiger partial charge in [0.25, 0.3) is 0 Å². The Morgan fingerprint density at radius 2 is 1.66 bits per heavy atom. The Morgan fingerprint density at radius 1 is 1.00 bits per heavy atom. The lowest BCUT2D eigenvalue weighted by atomic mass is 9.88. The van der Waals surface area contributed by atoms with Gasteiger partial charge >= 0.3 is 5.97 Å². The van der Waals surface area contributed by atoms with Crippen LogP contribution < -0.4 is 4.74 Å². The molecule has 1 heterocycles. The van der Waals surface area contributed by atoms with Gasteiger partial charge in [-0.15, -0.1) is 0 Å². The van der Waals surface area contributed by atoms with Crippen LogP contribution in [0.4, 0.5) is 0 Å². The van der Waals surface area contributed by atoms with E-state index in [4.69, 9.17) is 9.47 Å². The molecule has 0 fully saturated rings. The first kappa shape index (κ1) is 24.7. The fourth-order valence-corrected chi connectivity index (χ4v) is 5.77. The number of carbonyl (C=O) groups is 1. The third-order valence-electron chi connectivity index (χ3n) is 6.06. The van der Waals surface area contributed by atoms with E-state index in [1.54, 1.807) is 18.3 Å². The lowest BCUT2D eigenvalue weighted by molar-refractivity contribution is -0.139. The van der Waals surface area contributed by atoms with E-state index in [1.165, 1.54) is 0 Å². The van der Waals surface area contributed by atoms with Crippen LogP contribution in [0.25, 0.3) is 0 Å². The van der Waals surface area contributed by atoms with Crippen molar-refractivity contribution in [2.45, 2.75) is 37.2 Å². The van der Waals surface area contributed by atoms with Gasteiger partial charge in [0.2, 0.25) is 0 Å². The minimum Gasteiger partial charge on any atom is -0.512 e. The van der Waals surface area contributed by atoms with Gasteiger partial charge in [0.05, 0.1) is 36.3 Å². The Hall–Kier alpha value is -3.42. The molecular formula is C28H29NO5S. The predicted molar refractivity (Wildman–Crippen MR) is 135 cm³/mol. The molecule has 3 aromatic rings. The molecule has 0 amide bonds. The summed E-state index contributed by atoms with van der Waals surface area (Å²) >= 11 is 0. The molecule has 0 aliphatic carbocycles. The molecule has 0 unspecified atom stereocenters. The average Bonchev–Trinajstić information content (AvgIpc) is 2.88. The first-order valence-corrected chi connectivity index (χ1v) is 12.6. The Labute approximate surface area is 208 Å². The van der Waals surface area contributed by atoms with Gasteiger partial charge in [-0.3, -0.25) is 0 Å². The van der Waals surface area contributed by atoms with Crippen LogP contribution in [0.1, 0.15) is 42.1 Å². The number of hydrogen-bond acceptors (Lipinski definition) is 5. The molecule has 35 heavy (non-hydrogen) atoms. The highest BCUT2D eigenvalue weighted by molar-refractivity contribution is 7.82. The van der Waals surface area contributed by atoms with Crippen molar-refractivity contribution in [3.05, 3.63) is 107 Å². The maximum atomic E-state index is 14.2. The monoisotopic (exact) mass is 491 g/mol. The zero-order valence-corrected chi connectivity index (χ0v) is 20.8. The van der Waals surface area contributed by atoms with Crippen molar-refractivity contribution in [3.63, 3.8) is 0 Å². The van der Waals surface area contributed by atoms with E-state index in [0.29, 0.717) is 10.6 Å². The van der Waals surface area contributed by atoms with Crippen LogP contribution in [0.5, 0.6) is 5.75 Å². The Balaban J connectivity index is 1.92. The van der Waals surface area contributed by atoms with Crippen LogP contribution in [0.3, 0.4) is 0 Å². The summed E-state index contributed by atoms with van der Waals surface area (Å²) in [5, 5.41) is 11.2. The lowest BCUT2D eigenvalue weighted by Gasteiger charge is -2.41. The van der Waals surface area contributed by atoms with Gasteiger partial charge in [-0.1, -0.05) is 60.2 Å². The zero-order valence-electron chi connectivity index (χ0n) is 20.0. The number of aliphatic hydroxyl groups excluding tert-OH is 1.